The van der Waals surface area contributed by atoms with E-state index in [0.29, 0.717) is 16.9 Å². The Morgan fingerprint density at radius 1 is 1.13 bits per heavy atom. The molecule has 3 aromatic heterocycles. The lowest BCUT2D eigenvalue weighted by molar-refractivity contribution is -0.113. The zero-order valence-corrected chi connectivity index (χ0v) is 18.3. The third-order valence-electron chi connectivity index (χ3n) is 4.44. The number of thioether (sulfide) groups is 1. The van der Waals surface area contributed by atoms with Crippen LogP contribution in [0.4, 0.5) is 5.88 Å². The van der Waals surface area contributed by atoms with E-state index < -0.39 is 0 Å². The molecule has 0 radical (unpaired) electrons. The number of nitrogens with zero attached hydrogens (tertiary/aromatic N) is 5. The van der Waals surface area contributed by atoms with Crippen molar-refractivity contribution in [2.45, 2.75) is 31.3 Å². The topological polar surface area (TPSA) is 98.7 Å². The Bertz CT molecular complexity index is 1170. The van der Waals surface area contributed by atoms with Gasteiger partial charge in [0.2, 0.25) is 11.8 Å². The van der Waals surface area contributed by atoms with Crippen molar-refractivity contribution >= 4 is 23.6 Å². The minimum absolute atomic E-state index is 0.142. The number of hydrogen-bond donors (Lipinski definition) is 1. The lowest BCUT2D eigenvalue weighted by Gasteiger charge is -2.12. The third kappa shape index (κ3) is 4.83. The number of para-hydroxylation sites is 1. The quantitative estimate of drug-likeness (QED) is 0.451. The highest BCUT2D eigenvalue weighted by Gasteiger charge is 2.21. The van der Waals surface area contributed by atoms with Crippen LogP contribution in [0.15, 0.2) is 70.6 Å². The first-order chi connectivity index (χ1) is 14.9. The summed E-state index contributed by atoms with van der Waals surface area (Å²) in [6.45, 7) is 6.09. The molecule has 31 heavy (non-hydrogen) atoms. The van der Waals surface area contributed by atoms with Crippen LogP contribution in [0.5, 0.6) is 0 Å². The normalized spacial score (nSPS) is 11.5. The van der Waals surface area contributed by atoms with Gasteiger partial charge in [-0.25, -0.2) is 0 Å². The van der Waals surface area contributed by atoms with E-state index in [9.17, 15) is 4.79 Å². The highest BCUT2D eigenvalue weighted by Crippen LogP contribution is 2.28. The van der Waals surface area contributed by atoms with Gasteiger partial charge in [0.25, 0.3) is 0 Å². The van der Waals surface area contributed by atoms with Gasteiger partial charge in [0.15, 0.2) is 11.0 Å². The van der Waals surface area contributed by atoms with Gasteiger partial charge >= 0.3 is 0 Å². The number of carbonyl (C=O) groups excluding carboxylic acids is 1. The minimum Gasteiger partial charge on any atom is -0.338 e. The first kappa shape index (κ1) is 20.8. The number of amides is 1. The van der Waals surface area contributed by atoms with Crippen molar-refractivity contribution < 1.29 is 9.32 Å². The van der Waals surface area contributed by atoms with E-state index in [0.717, 1.165) is 16.9 Å². The van der Waals surface area contributed by atoms with Crippen molar-refractivity contribution in [3.63, 3.8) is 0 Å². The second kappa shape index (κ2) is 8.73. The molecule has 0 atom stereocenters. The summed E-state index contributed by atoms with van der Waals surface area (Å²) in [5.41, 5.74) is 2.36. The maximum Gasteiger partial charge on any atom is 0.237 e. The predicted molar refractivity (Wildman–Crippen MR) is 119 cm³/mol. The Labute approximate surface area is 184 Å². The van der Waals surface area contributed by atoms with Crippen LogP contribution in [0.2, 0.25) is 0 Å². The van der Waals surface area contributed by atoms with Crippen molar-refractivity contribution in [2.75, 3.05) is 11.1 Å². The molecule has 0 aliphatic rings. The van der Waals surface area contributed by atoms with Crippen LogP contribution in [0, 0.1) is 0 Å². The van der Waals surface area contributed by atoms with Gasteiger partial charge in [-0.15, -0.1) is 10.2 Å². The Kier molecular flexibility index (Phi) is 5.85. The van der Waals surface area contributed by atoms with Crippen molar-refractivity contribution in [3.8, 4) is 17.1 Å². The van der Waals surface area contributed by atoms with Crippen LogP contribution >= 0.6 is 11.8 Å². The fourth-order valence-electron chi connectivity index (χ4n) is 2.85. The summed E-state index contributed by atoms with van der Waals surface area (Å²) >= 11 is 1.29. The average Bonchev–Trinajstić information content (AvgIpc) is 3.40. The Morgan fingerprint density at radius 3 is 2.61 bits per heavy atom. The molecule has 0 aliphatic heterocycles. The molecule has 0 bridgehead atoms. The van der Waals surface area contributed by atoms with Gasteiger partial charge in [-0.2, -0.15) is 0 Å². The average molecular weight is 435 g/mol. The monoisotopic (exact) mass is 434 g/mol. The summed E-state index contributed by atoms with van der Waals surface area (Å²) in [5.74, 6) is 0.916. The number of pyridine rings is 1. The minimum atomic E-state index is -0.216. The van der Waals surface area contributed by atoms with E-state index in [1.54, 1.807) is 18.5 Å². The second-order valence-electron chi connectivity index (χ2n) is 7.88. The van der Waals surface area contributed by atoms with E-state index in [2.05, 4.69) is 25.7 Å². The fraction of sp³-hybridized carbons (Fsp3) is 0.227. The Hall–Kier alpha value is -3.46. The first-order valence-electron chi connectivity index (χ1n) is 9.73. The number of anilines is 1. The standard InChI is InChI=1S/C22H22N6O2S/c1-22(2,3)17-12-19(30-27-17)24-18(29)14-31-21-26-25-20(15-8-7-11-23-13-15)28(21)16-9-5-4-6-10-16/h4-13H,14H2,1-3H3,(H,24,29). The Balaban J connectivity index is 1.53. The van der Waals surface area contributed by atoms with E-state index in [1.165, 1.54) is 11.8 Å². The highest BCUT2D eigenvalue weighted by atomic mass is 32.2. The smallest absolute Gasteiger partial charge is 0.237 e. The summed E-state index contributed by atoms with van der Waals surface area (Å²) in [5, 5.41) is 16.0. The maximum atomic E-state index is 12.5. The molecule has 1 aromatic carbocycles. The molecule has 0 saturated carbocycles. The molecule has 158 valence electrons. The highest BCUT2D eigenvalue weighted by molar-refractivity contribution is 7.99. The van der Waals surface area contributed by atoms with E-state index in [1.807, 2.05) is 67.8 Å². The van der Waals surface area contributed by atoms with Crippen molar-refractivity contribution in [3.05, 3.63) is 66.6 Å². The van der Waals surface area contributed by atoms with E-state index >= 15 is 0 Å². The first-order valence-corrected chi connectivity index (χ1v) is 10.7. The van der Waals surface area contributed by atoms with E-state index in [4.69, 9.17) is 4.52 Å². The number of hydrogen-bond acceptors (Lipinski definition) is 7. The molecule has 1 N–H and O–H groups in total. The summed E-state index contributed by atoms with van der Waals surface area (Å²) in [4.78, 5) is 16.7. The van der Waals surface area contributed by atoms with Crippen LogP contribution in [-0.2, 0) is 10.2 Å². The number of rotatable bonds is 6. The molecule has 0 saturated heterocycles. The zero-order valence-electron chi connectivity index (χ0n) is 17.4. The van der Waals surface area contributed by atoms with Gasteiger partial charge in [0.1, 0.15) is 0 Å². The number of carbonyl (C=O) groups is 1. The maximum absolute atomic E-state index is 12.5. The van der Waals surface area contributed by atoms with Gasteiger partial charge in [-0.3, -0.25) is 19.7 Å². The van der Waals surface area contributed by atoms with Gasteiger partial charge in [-0.05, 0) is 24.3 Å². The van der Waals surface area contributed by atoms with Gasteiger partial charge < -0.3 is 4.52 Å². The van der Waals surface area contributed by atoms with Crippen LogP contribution in [0.25, 0.3) is 17.1 Å². The molecular formula is C22H22N6O2S. The zero-order chi connectivity index (χ0) is 21.8. The molecular weight excluding hydrogens is 412 g/mol. The van der Waals surface area contributed by atoms with Gasteiger partial charge in [-0.1, -0.05) is 55.9 Å². The van der Waals surface area contributed by atoms with Crippen LogP contribution in [0.1, 0.15) is 26.5 Å². The molecule has 1 amide bonds. The van der Waals surface area contributed by atoms with Crippen molar-refractivity contribution in [1.29, 1.82) is 0 Å². The summed E-state index contributed by atoms with van der Waals surface area (Å²) < 4.78 is 7.16. The lowest BCUT2D eigenvalue weighted by Crippen LogP contribution is -2.14. The molecule has 0 unspecified atom stereocenters. The number of nitrogens with one attached hydrogen (secondary N) is 1. The molecule has 0 aliphatic carbocycles. The number of benzene rings is 1. The largest absolute Gasteiger partial charge is 0.338 e. The molecule has 0 spiro atoms. The number of aromatic nitrogens is 5. The van der Waals surface area contributed by atoms with Crippen LogP contribution in [0.3, 0.4) is 0 Å². The molecule has 8 nitrogen and oxygen atoms in total. The molecule has 0 fully saturated rings. The van der Waals surface area contributed by atoms with Crippen LogP contribution < -0.4 is 5.32 Å². The summed E-state index contributed by atoms with van der Waals surface area (Å²) in [7, 11) is 0. The third-order valence-corrected chi connectivity index (χ3v) is 5.37. The second-order valence-corrected chi connectivity index (χ2v) is 8.82. The SMILES string of the molecule is CC(C)(C)c1cc(NC(=O)CSc2nnc(-c3cccnc3)n2-c2ccccc2)on1. The van der Waals surface area contributed by atoms with Crippen molar-refractivity contribution in [2.24, 2.45) is 0 Å². The summed E-state index contributed by atoms with van der Waals surface area (Å²) in [6.07, 6.45) is 3.45. The predicted octanol–water partition coefficient (Wildman–Crippen LogP) is 4.35. The molecule has 3 heterocycles. The Morgan fingerprint density at radius 2 is 1.94 bits per heavy atom. The van der Waals surface area contributed by atoms with Crippen molar-refractivity contribution in [1.82, 2.24) is 24.9 Å². The van der Waals surface area contributed by atoms with E-state index in [-0.39, 0.29) is 17.1 Å². The fourth-order valence-corrected chi connectivity index (χ4v) is 3.60. The van der Waals surface area contributed by atoms with Gasteiger partial charge in [0.05, 0.1) is 11.4 Å². The van der Waals surface area contributed by atoms with Gasteiger partial charge in [0, 0.05) is 35.1 Å². The lowest BCUT2D eigenvalue weighted by atomic mass is 9.92. The van der Waals surface area contributed by atoms with Crippen LogP contribution in [-0.4, -0.2) is 36.6 Å². The summed E-state index contributed by atoms with van der Waals surface area (Å²) in [6, 6.07) is 15.3. The molecule has 4 aromatic rings. The molecule has 4 rings (SSSR count). The molecule has 9 heteroatoms.